The molecule has 1 N–H and O–H groups in total. The minimum absolute atomic E-state index is 0.0912. The van der Waals surface area contributed by atoms with Gasteiger partial charge in [0.05, 0.1) is 19.4 Å². The number of para-hydroxylation sites is 1. The maximum absolute atomic E-state index is 12.4. The molecule has 0 aliphatic heterocycles. The number of aromatic nitrogens is 2. The van der Waals surface area contributed by atoms with Gasteiger partial charge < -0.3 is 14.5 Å². The van der Waals surface area contributed by atoms with E-state index in [1.165, 1.54) is 11.8 Å². The third-order valence-corrected chi connectivity index (χ3v) is 4.12. The number of hydrogen-bond acceptors (Lipinski definition) is 5. The molecule has 0 bridgehead atoms. The van der Waals surface area contributed by atoms with Crippen LogP contribution in [0.25, 0.3) is 0 Å². The van der Waals surface area contributed by atoms with E-state index in [0.29, 0.717) is 41.7 Å². The molecule has 0 unspecified atom stereocenters. The van der Waals surface area contributed by atoms with Crippen LogP contribution in [-0.2, 0) is 12.8 Å². The summed E-state index contributed by atoms with van der Waals surface area (Å²) in [6.07, 6.45) is 3.07. The highest BCUT2D eigenvalue weighted by Crippen LogP contribution is 2.32. The number of H-pyrrole nitrogens is 1. The van der Waals surface area contributed by atoms with E-state index in [4.69, 9.17) is 9.47 Å². The van der Waals surface area contributed by atoms with Gasteiger partial charge in [-0.15, -0.1) is 0 Å². The van der Waals surface area contributed by atoms with Crippen molar-refractivity contribution in [2.45, 2.75) is 31.8 Å². The predicted molar refractivity (Wildman–Crippen MR) is 93.0 cm³/mol. The number of methoxy groups -OCH3 is 1. The smallest absolute Gasteiger partial charge is 0.255 e. The number of rotatable bonds is 7. The minimum Gasteiger partial charge on any atom is -0.493 e. The van der Waals surface area contributed by atoms with E-state index in [1.807, 2.05) is 38.3 Å². The number of thioether (sulfide) groups is 1. The first-order chi connectivity index (χ1) is 11.1. The van der Waals surface area contributed by atoms with Crippen molar-refractivity contribution in [1.29, 1.82) is 0 Å². The molecule has 0 fully saturated rings. The molecule has 124 valence electrons. The number of nitrogens with zero attached hydrogens (tertiary/aromatic N) is 1. The summed E-state index contributed by atoms with van der Waals surface area (Å²) < 4.78 is 11.1. The van der Waals surface area contributed by atoms with Gasteiger partial charge in [-0.25, -0.2) is 4.98 Å². The highest BCUT2D eigenvalue weighted by Gasteiger charge is 2.16. The summed E-state index contributed by atoms with van der Waals surface area (Å²) in [4.78, 5) is 19.8. The van der Waals surface area contributed by atoms with Crippen LogP contribution in [-0.4, -0.2) is 29.9 Å². The number of nitrogens with one attached hydrogen (secondary N) is 1. The number of benzene rings is 1. The lowest BCUT2D eigenvalue weighted by Crippen LogP contribution is -2.19. The molecule has 0 radical (unpaired) electrons. The maximum Gasteiger partial charge on any atom is 0.255 e. The molecule has 1 aromatic carbocycles. The first-order valence-electron chi connectivity index (χ1n) is 7.59. The standard InChI is InChI=1S/C17H22N2O3S/c1-5-13-12(16(20)19-17(18-13)23-4)10-11-8-7-9-14(21-3)15(11)22-6-2/h7-9H,5-6,10H2,1-4H3,(H,18,19,20). The zero-order chi connectivity index (χ0) is 16.8. The second kappa shape index (κ2) is 8.06. The molecule has 2 rings (SSSR count). The third kappa shape index (κ3) is 3.88. The van der Waals surface area contributed by atoms with Gasteiger partial charge in [0.15, 0.2) is 16.7 Å². The Morgan fingerprint density at radius 2 is 2.09 bits per heavy atom. The molecule has 1 heterocycles. The molecule has 1 aromatic heterocycles. The van der Waals surface area contributed by atoms with E-state index in [2.05, 4.69) is 9.97 Å². The lowest BCUT2D eigenvalue weighted by molar-refractivity contribution is 0.308. The second-order valence-electron chi connectivity index (χ2n) is 4.91. The highest BCUT2D eigenvalue weighted by molar-refractivity contribution is 7.98. The first kappa shape index (κ1) is 17.4. The maximum atomic E-state index is 12.4. The Labute approximate surface area is 140 Å². The van der Waals surface area contributed by atoms with Gasteiger partial charge in [0.25, 0.3) is 5.56 Å². The van der Waals surface area contributed by atoms with Crippen LogP contribution in [0.1, 0.15) is 30.7 Å². The van der Waals surface area contributed by atoms with E-state index in [1.54, 1.807) is 7.11 Å². The van der Waals surface area contributed by atoms with Gasteiger partial charge in [0, 0.05) is 17.5 Å². The van der Waals surface area contributed by atoms with Crippen molar-refractivity contribution in [3.05, 3.63) is 45.4 Å². The molecule has 0 aliphatic carbocycles. The minimum atomic E-state index is -0.0912. The van der Waals surface area contributed by atoms with E-state index in [0.717, 1.165) is 11.3 Å². The Hall–Kier alpha value is -1.95. The van der Waals surface area contributed by atoms with Gasteiger partial charge in [0.1, 0.15) is 0 Å². The van der Waals surface area contributed by atoms with Gasteiger partial charge in [-0.2, -0.15) is 0 Å². The van der Waals surface area contributed by atoms with Gasteiger partial charge in [-0.1, -0.05) is 30.8 Å². The van der Waals surface area contributed by atoms with Gasteiger partial charge in [-0.05, 0) is 25.7 Å². The summed E-state index contributed by atoms with van der Waals surface area (Å²) in [6, 6.07) is 5.71. The predicted octanol–water partition coefficient (Wildman–Crippen LogP) is 3.05. The van der Waals surface area contributed by atoms with Gasteiger partial charge >= 0.3 is 0 Å². The third-order valence-electron chi connectivity index (χ3n) is 3.54. The van der Waals surface area contributed by atoms with Crippen molar-refractivity contribution in [3.63, 3.8) is 0 Å². The zero-order valence-corrected chi connectivity index (χ0v) is 14.8. The van der Waals surface area contributed by atoms with Crippen LogP contribution in [0.3, 0.4) is 0 Å². The normalized spacial score (nSPS) is 10.6. The first-order valence-corrected chi connectivity index (χ1v) is 8.81. The monoisotopic (exact) mass is 334 g/mol. The van der Waals surface area contributed by atoms with Crippen LogP contribution >= 0.6 is 11.8 Å². The largest absolute Gasteiger partial charge is 0.493 e. The Kier molecular flexibility index (Phi) is 6.10. The molecule has 6 heteroatoms. The molecular formula is C17H22N2O3S. The Morgan fingerprint density at radius 1 is 1.30 bits per heavy atom. The van der Waals surface area contributed by atoms with Crippen molar-refractivity contribution >= 4 is 11.8 Å². The molecule has 23 heavy (non-hydrogen) atoms. The van der Waals surface area contributed by atoms with E-state index >= 15 is 0 Å². The average Bonchev–Trinajstić information content (AvgIpc) is 2.57. The highest BCUT2D eigenvalue weighted by atomic mass is 32.2. The fraction of sp³-hybridized carbons (Fsp3) is 0.412. The summed E-state index contributed by atoms with van der Waals surface area (Å²) in [6.45, 7) is 4.47. The fourth-order valence-corrected chi connectivity index (χ4v) is 2.85. The molecule has 0 atom stereocenters. The van der Waals surface area contributed by atoms with Crippen molar-refractivity contribution in [2.75, 3.05) is 20.0 Å². The fourth-order valence-electron chi connectivity index (χ4n) is 2.45. The van der Waals surface area contributed by atoms with Crippen LogP contribution in [0, 0.1) is 0 Å². The molecule has 0 spiro atoms. The van der Waals surface area contributed by atoms with Gasteiger partial charge in [0.2, 0.25) is 0 Å². The number of aromatic amines is 1. The van der Waals surface area contributed by atoms with Gasteiger partial charge in [-0.3, -0.25) is 4.79 Å². The van der Waals surface area contributed by atoms with E-state index in [9.17, 15) is 4.79 Å². The SMILES string of the molecule is CCOc1c(Cc2c(CC)nc(SC)[nH]c2=O)cccc1OC. The lowest BCUT2D eigenvalue weighted by Gasteiger charge is -2.15. The van der Waals surface area contributed by atoms with Crippen LogP contribution in [0.15, 0.2) is 28.2 Å². The zero-order valence-electron chi connectivity index (χ0n) is 13.9. The molecule has 0 amide bonds. The molecular weight excluding hydrogens is 312 g/mol. The van der Waals surface area contributed by atoms with Crippen LogP contribution in [0.2, 0.25) is 0 Å². The quantitative estimate of drug-likeness (QED) is 0.623. The molecule has 0 saturated carbocycles. The molecule has 0 saturated heterocycles. The Balaban J connectivity index is 2.49. The molecule has 5 nitrogen and oxygen atoms in total. The van der Waals surface area contributed by atoms with E-state index < -0.39 is 0 Å². The molecule has 0 aliphatic rings. The van der Waals surface area contributed by atoms with Crippen LogP contribution in [0.5, 0.6) is 11.5 Å². The van der Waals surface area contributed by atoms with Crippen molar-refractivity contribution in [2.24, 2.45) is 0 Å². The van der Waals surface area contributed by atoms with Crippen molar-refractivity contribution in [3.8, 4) is 11.5 Å². The second-order valence-corrected chi connectivity index (χ2v) is 5.71. The Bertz CT molecular complexity index is 728. The summed E-state index contributed by atoms with van der Waals surface area (Å²) in [5.41, 5.74) is 2.33. The average molecular weight is 334 g/mol. The number of aryl methyl sites for hydroxylation is 1. The lowest BCUT2D eigenvalue weighted by atomic mass is 10.0. The number of ether oxygens (including phenoxy) is 2. The Morgan fingerprint density at radius 3 is 2.70 bits per heavy atom. The van der Waals surface area contributed by atoms with Crippen LogP contribution in [0.4, 0.5) is 0 Å². The summed E-state index contributed by atoms with van der Waals surface area (Å²) in [5, 5.41) is 0.645. The summed E-state index contributed by atoms with van der Waals surface area (Å²) in [5.74, 6) is 1.36. The van der Waals surface area contributed by atoms with Crippen LogP contribution < -0.4 is 15.0 Å². The van der Waals surface area contributed by atoms with Crippen molar-refractivity contribution in [1.82, 2.24) is 9.97 Å². The van der Waals surface area contributed by atoms with E-state index in [-0.39, 0.29) is 5.56 Å². The molecule has 2 aromatic rings. The number of hydrogen-bond donors (Lipinski definition) is 1. The summed E-state index contributed by atoms with van der Waals surface area (Å²) in [7, 11) is 1.61. The van der Waals surface area contributed by atoms with Crippen molar-refractivity contribution < 1.29 is 9.47 Å². The summed E-state index contributed by atoms with van der Waals surface area (Å²) >= 11 is 1.43. The topological polar surface area (TPSA) is 64.2 Å².